The molecule has 1 aliphatic rings. The van der Waals surface area contributed by atoms with Crippen LogP contribution < -0.4 is 5.73 Å². The Morgan fingerprint density at radius 2 is 2.29 bits per heavy atom. The highest BCUT2D eigenvalue weighted by atomic mass is 79.9. The minimum Gasteiger partial charge on any atom is -0.381 e. The molecule has 2 rings (SSSR count). The highest BCUT2D eigenvalue weighted by Crippen LogP contribution is 2.21. The number of nitrogens with two attached hydrogens (primary N) is 1. The third-order valence-electron chi connectivity index (χ3n) is 3.08. The van der Waals surface area contributed by atoms with Crippen LogP contribution in [0.5, 0.6) is 0 Å². The molecular formula is C13H17BrFNO. The minimum absolute atomic E-state index is 0.0791. The molecule has 0 aromatic heterocycles. The van der Waals surface area contributed by atoms with Crippen LogP contribution in [0.1, 0.15) is 18.4 Å². The number of hydrogen-bond acceptors (Lipinski definition) is 2. The van der Waals surface area contributed by atoms with E-state index < -0.39 is 0 Å². The summed E-state index contributed by atoms with van der Waals surface area (Å²) in [7, 11) is 0. The molecule has 0 spiro atoms. The van der Waals surface area contributed by atoms with Gasteiger partial charge in [0.1, 0.15) is 5.82 Å². The standard InChI is InChI=1S/C13H17BrFNO/c14-11-3-10(4-12(15)7-11)6-13(16)5-9-1-2-17-8-9/h3-4,7,9,13H,1-2,5-6,8,16H2. The summed E-state index contributed by atoms with van der Waals surface area (Å²) in [6.07, 6.45) is 2.77. The van der Waals surface area contributed by atoms with Crippen LogP contribution in [0, 0.1) is 11.7 Å². The maximum Gasteiger partial charge on any atom is 0.124 e. The van der Waals surface area contributed by atoms with E-state index in [-0.39, 0.29) is 11.9 Å². The third kappa shape index (κ3) is 4.05. The first kappa shape index (κ1) is 13.0. The van der Waals surface area contributed by atoms with Crippen molar-refractivity contribution in [2.24, 2.45) is 11.7 Å². The summed E-state index contributed by atoms with van der Waals surface area (Å²) in [4.78, 5) is 0. The van der Waals surface area contributed by atoms with E-state index in [1.807, 2.05) is 6.07 Å². The summed E-state index contributed by atoms with van der Waals surface area (Å²) >= 11 is 3.29. The zero-order valence-electron chi connectivity index (χ0n) is 9.66. The zero-order valence-corrected chi connectivity index (χ0v) is 11.2. The predicted molar refractivity (Wildman–Crippen MR) is 69.3 cm³/mol. The molecule has 0 amide bonds. The molecule has 4 heteroatoms. The zero-order chi connectivity index (χ0) is 12.3. The Morgan fingerprint density at radius 3 is 2.94 bits per heavy atom. The van der Waals surface area contributed by atoms with Gasteiger partial charge in [0.15, 0.2) is 0 Å². The van der Waals surface area contributed by atoms with Gasteiger partial charge < -0.3 is 10.5 Å². The number of hydrogen-bond donors (Lipinski definition) is 1. The smallest absolute Gasteiger partial charge is 0.124 e. The first-order chi connectivity index (χ1) is 8.13. The Kier molecular flexibility index (Phi) is 4.54. The molecule has 1 aliphatic heterocycles. The molecule has 0 bridgehead atoms. The summed E-state index contributed by atoms with van der Waals surface area (Å²) in [6, 6.07) is 5.01. The molecule has 2 N–H and O–H groups in total. The van der Waals surface area contributed by atoms with Crippen LogP contribution in [-0.2, 0) is 11.2 Å². The van der Waals surface area contributed by atoms with Gasteiger partial charge in [0.2, 0.25) is 0 Å². The summed E-state index contributed by atoms with van der Waals surface area (Å²) in [6.45, 7) is 1.67. The van der Waals surface area contributed by atoms with Crippen LogP contribution in [0.25, 0.3) is 0 Å². The van der Waals surface area contributed by atoms with Crippen molar-refractivity contribution in [3.63, 3.8) is 0 Å². The van der Waals surface area contributed by atoms with Gasteiger partial charge in [0.25, 0.3) is 0 Å². The van der Waals surface area contributed by atoms with Crippen LogP contribution in [0.15, 0.2) is 22.7 Å². The lowest BCUT2D eigenvalue weighted by Gasteiger charge is -2.15. The van der Waals surface area contributed by atoms with Crippen molar-refractivity contribution in [3.05, 3.63) is 34.1 Å². The lowest BCUT2D eigenvalue weighted by molar-refractivity contribution is 0.182. The van der Waals surface area contributed by atoms with E-state index in [0.717, 1.165) is 36.1 Å². The average molecular weight is 302 g/mol. The second kappa shape index (κ2) is 5.94. The van der Waals surface area contributed by atoms with Crippen molar-refractivity contribution in [2.45, 2.75) is 25.3 Å². The van der Waals surface area contributed by atoms with E-state index in [9.17, 15) is 4.39 Å². The topological polar surface area (TPSA) is 35.2 Å². The fraction of sp³-hybridized carbons (Fsp3) is 0.538. The molecule has 1 heterocycles. The predicted octanol–water partition coefficient (Wildman–Crippen LogP) is 2.88. The fourth-order valence-electron chi connectivity index (χ4n) is 2.31. The number of halogens is 2. The van der Waals surface area contributed by atoms with Crippen molar-refractivity contribution in [2.75, 3.05) is 13.2 Å². The molecule has 2 unspecified atom stereocenters. The normalized spacial score (nSPS) is 21.7. The molecule has 0 saturated carbocycles. The molecular weight excluding hydrogens is 285 g/mol. The SMILES string of the molecule is NC(Cc1cc(F)cc(Br)c1)CC1CCOC1. The Balaban J connectivity index is 1.90. The monoisotopic (exact) mass is 301 g/mol. The largest absolute Gasteiger partial charge is 0.381 e. The van der Waals surface area contributed by atoms with E-state index in [1.54, 1.807) is 6.07 Å². The van der Waals surface area contributed by atoms with Crippen LogP contribution in [-0.4, -0.2) is 19.3 Å². The molecule has 2 atom stereocenters. The van der Waals surface area contributed by atoms with Gasteiger partial charge in [0.05, 0.1) is 0 Å². The number of ether oxygens (including phenoxy) is 1. The van der Waals surface area contributed by atoms with Crippen molar-refractivity contribution < 1.29 is 9.13 Å². The van der Waals surface area contributed by atoms with E-state index in [2.05, 4.69) is 15.9 Å². The Morgan fingerprint density at radius 1 is 1.47 bits per heavy atom. The van der Waals surface area contributed by atoms with Crippen LogP contribution >= 0.6 is 15.9 Å². The second-order valence-electron chi connectivity index (χ2n) is 4.71. The molecule has 1 saturated heterocycles. The van der Waals surface area contributed by atoms with Gasteiger partial charge in [-0.2, -0.15) is 0 Å². The van der Waals surface area contributed by atoms with Gasteiger partial charge >= 0.3 is 0 Å². The van der Waals surface area contributed by atoms with Gasteiger partial charge in [-0.15, -0.1) is 0 Å². The molecule has 0 radical (unpaired) electrons. The molecule has 2 nitrogen and oxygen atoms in total. The summed E-state index contributed by atoms with van der Waals surface area (Å²) < 4.78 is 19.3. The third-order valence-corrected chi connectivity index (χ3v) is 3.54. The fourth-order valence-corrected chi connectivity index (χ4v) is 2.82. The number of benzene rings is 1. The van der Waals surface area contributed by atoms with Crippen LogP contribution in [0.2, 0.25) is 0 Å². The summed E-state index contributed by atoms with van der Waals surface area (Å²) in [5.74, 6) is 0.354. The lowest BCUT2D eigenvalue weighted by Crippen LogP contribution is -2.26. The summed E-state index contributed by atoms with van der Waals surface area (Å²) in [5.41, 5.74) is 7.04. The van der Waals surface area contributed by atoms with Crippen LogP contribution in [0.3, 0.4) is 0 Å². The first-order valence-corrected chi connectivity index (χ1v) is 6.71. The van der Waals surface area contributed by atoms with Gasteiger partial charge in [-0.25, -0.2) is 4.39 Å². The second-order valence-corrected chi connectivity index (χ2v) is 5.62. The average Bonchev–Trinajstić information content (AvgIpc) is 2.67. The Hall–Kier alpha value is -0.450. The van der Waals surface area contributed by atoms with E-state index in [1.165, 1.54) is 6.07 Å². The van der Waals surface area contributed by atoms with Gasteiger partial charge in [-0.05, 0) is 48.9 Å². The maximum atomic E-state index is 13.2. The maximum absolute atomic E-state index is 13.2. The van der Waals surface area contributed by atoms with E-state index in [0.29, 0.717) is 12.3 Å². The lowest BCUT2D eigenvalue weighted by atomic mass is 9.95. The number of rotatable bonds is 4. The molecule has 94 valence electrons. The van der Waals surface area contributed by atoms with E-state index in [4.69, 9.17) is 10.5 Å². The van der Waals surface area contributed by atoms with Crippen molar-refractivity contribution >= 4 is 15.9 Å². The van der Waals surface area contributed by atoms with Crippen LogP contribution in [0.4, 0.5) is 4.39 Å². The Labute approximate surface area is 109 Å². The molecule has 1 aromatic rings. The van der Waals surface area contributed by atoms with Crippen molar-refractivity contribution in [1.29, 1.82) is 0 Å². The minimum atomic E-state index is -0.217. The van der Waals surface area contributed by atoms with Gasteiger partial charge in [-0.1, -0.05) is 15.9 Å². The molecule has 1 fully saturated rings. The van der Waals surface area contributed by atoms with Gasteiger partial charge in [-0.3, -0.25) is 0 Å². The quantitative estimate of drug-likeness (QED) is 0.928. The first-order valence-electron chi connectivity index (χ1n) is 5.92. The van der Waals surface area contributed by atoms with Crippen molar-refractivity contribution in [3.8, 4) is 0 Å². The van der Waals surface area contributed by atoms with E-state index >= 15 is 0 Å². The molecule has 1 aromatic carbocycles. The molecule has 0 aliphatic carbocycles. The summed E-state index contributed by atoms with van der Waals surface area (Å²) in [5, 5.41) is 0. The highest BCUT2D eigenvalue weighted by Gasteiger charge is 2.19. The highest BCUT2D eigenvalue weighted by molar-refractivity contribution is 9.10. The Bertz CT molecular complexity index is 359. The van der Waals surface area contributed by atoms with Gasteiger partial charge in [0, 0.05) is 23.7 Å². The van der Waals surface area contributed by atoms with Crippen molar-refractivity contribution in [1.82, 2.24) is 0 Å². The molecule has 17 heavy (non-hydrogen) atoms.